The number of aryl methyl sites for hydroxylation is 3. The van der Waals surface area contributed by atoms with Gasteiger partial charge in [-0.15, -0.1) is 0 Å². The van der Waals surface area contributed by atoms with Gasteiger partial charge >= 0.3 is 12.0 Å². The number of rotatable bonds is 9. The first-order valence-electron chi connectivity index (χ1n) is 15.5. The maximum Gasteiger partial charge on any atom is 0.335 e. The number of H-pyrrole nitrogens is 1. The first-order valence-corrected chi connectivity index (χ1v) is 15.9. The minimum Gasteiger partial charge on any atom is -0.486 e. The van der Waals surface area contributed by atoms with E-state index in [0.29, 0.717) is 33.8 Å². The van der Waals surface area contributed by atoms with E-state index in [9.17, 15) is 23.9 Å². The number of ether oxygens (including phenoxy) is 1. The molecule has 49 heavy (non-hydrogen) atoms. The van der Waals surface area contributed by atoms with Crippen molar-refractivity contribution in [3.05, 3.63) is 127 Å². The molecule has 0 saturated heterocycles. The normalized spacial score (nSPS) is 11.3. The van der Waals surface area contributed by atoms with E-state index >= 15 is 0 Å². The number of carbonyl (C=O) groups excluding carboxylic acids is 1. The minimum atomic E-state index is -1.11. The molecule has 254 valence electrons. The third-order valence-corrected chi connectivity index (χ3v) is 8.38. The topological polar surface area (TPSA) is 138 Å². The number of nitrogens with zero attached hydrogens (tertiary/aromatic N) is 2. The number of aromatic nitrogens is 3. The standard InChI is InChI=1S/C37H37ClFN5O5/c1-20-7-13-27(14-8-20)44-30(17-29(43-44)37(4,5)6)42-36(48)40-18-25-15-26(39)12-11-24(25)19-49-33-31(22(3)41-34(45)32(33)38)28-16-23(35(46)47)10-9-21(28)2/h7-17H,18-19H2,1-6H3,(H,41,45)(H,46,47)(H2,40,42,48). The van der Waals surface area contributed by atoms with Gasteiger partial charge in [0.05, 0.1) is 16.9 Å². The van der Waals surface area contributed by atoms with Crippen LogP contribution in [0.15, 0.2) is 71.5 Å². The molecular formula is C37H37ClFN5O5. The second kappa shape index (κ2) is 14.0. The van der Waals surface area contributed by atoms with Gasteiger partial charge in [-0.05, 0) is 79.4 Å². The van der Waals surface area contributed by atoms with Crippen molar-refractivity contribution in [3.63, 3.8) is 0 Å². The van der Waals surface area contributed by atoms with Crippen LogP contribution in [0.3, 0.4) is 0 Å². The second-order valence-corrected chi connectivity index (χ2v) is 13.2. The number of carboxylic acids is 1. The second-order valence-electron chi connectivity index (χ2n) is 12.9. The summed E-state index contributed by atoms with van der Waals surface area (Å²) >= 11 is 6.46. The molecule has 0 atom stereocenters. The van der Waals surface area contributed by atoms with Gasteiger partial charge in [-0.3, -0.25) is 10.1 Å². The van der Waals surface area contributed by atoms with E-state index in [1.807, 2.05) is 58.0 Å². The van der Waals surface area contributed by atoms with Gasteiger partial charge in [-0.1, -0.05) is 62.2 Å². The number of carboxylic acid groups (broad SMARTS) is 1. The molecule has 0 radical (unpaired) electrons. The van der Waals surface area contributed by atoms with Crippen LogP contribution in [0, 0.1) is 26.6 Å². The van der Waals surface area contributed by atoms with Gasteiger partial charge in [-0.2, -0.15) is 5.10 Å². The Morgan fingerprint density at radius 2 is 1.71 bits per heavy atom. The molecule has 0 aliphatic rings. The highest BCUT2D eigenvalue weighted by Crippen LogP contribution is 2.39. The lowest BCUT2D eigenvalue weighted by Gasteiger charge is -2.18. The Hall–Kier alpha value is -5.42. The Morgan fingerprint density at radius 1 is 1.00 bits per heavy atom. The number of halogens is 2. The summed E-state index contributed by atoms with van der Waals surface area (Å²) in [5, 5.41) is 19.8. The van der Waals surface area contributed by atoms with E-state index in [2.05, 4.69) is 15.6 Å². The van der Waals surface area contributed by atoms with Gasteiger partial charge in [-0.25, -0.2) is 18.7 Å². The smallest absolute Gasteiger partial charge is 0.335 e. The van der Waals surface area contributed by atoms with E-state index in [4.69, 9.17) is 21.4 Å². The number of nitrogens with one attached hydrogen (secondary N) is 3. The summed E-state index contributed by atoms with van der Waals surface area (Å²) in [7, 11) is 0. The van der Waals surface area contributed by atoms with Crippen molar-refractivity contribution in [2.45, 2.75) is 60.1 Å². The summed E-state index contributed by atoms with van der Waals surface area (Å²) < 4.78 is 22.3. The van der Waals surface area contributed by atoms with Crippen LogP contribution in [0.2, 0.25) is 5.02 Å². The molecule has 5 aromatic rings. The number of anilines is 1. The minimum absolute atomic E-state index is 0.0496. The lowest BCUT2D eigenvalue weighted by atomic mass is 9.92. The third-order valence-electron chi connectivity index (χ3n) is 8.03. The lowest BCUT2D eigenvalue weighted by molar-refractivity contribution is 0.0697. The molecular weight excluding hydrogens is 649 g/mol. The Morgan fingerprint density at radius 3 is 2.39 bits per heavy atom. The van der Waals surface area contributed by atoms with E-state index in [1.165, 1.54) is 30.3 Å². The number of benzene rings is 3. The maximum absolute atomic E-state index is 14.5. The average Bonchev–Trinajstić information content (AvgIpc) is 3.46. The molecule has 0 saturated carbocycles. The summed E-state index contributed by atoms with van der Waals surface area (Å²) in [4.78, 5) is 40.3. The summed E-state index contributed by atoms with van der Waals surface area (Å²) in [6.07, 6.45) is 0. The summed E-state index contributed by atoms with van der Waals surface area (Å²) in [5.41, 5.74) is 4.89. The zero-order valence-electron chi connectivity index (χ0n) is 28.0. The highest BCUT2D eigenvalue weighted by molar-refractivity contribution is 6.32. The number of aromatic amines is 1. The van der Waals surface area contributed by atoms with Crippen molar-refractivity contribution < 1.29 is 23.8 Å². The highest BCUT2D eigenvalue weighted by atomic mass is 35.5. The van der Waals surface area contributed by atoms with Crippen molar-refractivity contribution >= 4 is 29.4 Å². The number of hydrogen-bond acceptors (Lipinski definition) is 5. The molecule has 10 nitrogen and oxygen atoms in total. The van der Waals surface area contributed by atoms with Crippen LogP contribution in [0.4, 0.5) is 15.0 Å². The van der Waals surface area contributed by atoms with Crippen LogP contribution in [0.25, 0.3) is 16.8 Å². The molecule has 0 unspecified atom stereocenters. The SMILES string of the molecule is Cc1ccc(-n2nc(C(C)(C)C)cc2NC(=O)NCc2cc(F)ccc2COc2c(-c3cc(C(=O)O)ccc3C)c(C)[nH]c(=O)c2Cl)cc1. The monoisotopic (exact) mass is 685 g/mol. The van der Waals surface area contributed by atoms with Crippen LogP contribution < -0.4 is 20.9 Å². The Bertz CT molecular complexity index is 2120. The van der Waals surface area contributed by atoms with E-state index in [-0.39, 0.29) is 34.9 Å². The summed E-state index contributed by atoms with van der Waals surface area (Å²) in [5.74, 6) is -1.12. The molecule has 3 aromatic carbocycles. The van der Waals surface area contributed by atoms with Gasteiger partial charge in [0, 0.05) is 29.3 Å². The van der Waals surface area contributed by atoms with Crippen LogP contribution in [-0.4, -0.2) is 31.9 Å². The van der Waals surface area contributed by atoms with Crippen LogP contribution >= 0.6 is 11.6 Å². The van der Waals surface area contributed by atoms with Gasteiger partial charge in [0.15, 0.2) is 5.75 Å². The van der Waals surface area contributed by atoms with Gasteiger partial charge in [0.1, 0.15) is 23.3 Å². The molecule has 2 amide bonds. The quantitative estimate of drug-likeness (QED) is 0.125. The molecule has 12 heteroatoms. The molecule has 2 aromatic heterocycles. The van der Waals surface area contributed by atoms with Crippen molar-refractivity contribution in [2.24, 2.45) is 0 Å². The van der Waals surface area contributed by atoms with E-state index in [0.717, 1.165) is 22.5 Å². The fourth-order valence-corrected chi connectivity index (χ4v) is 5.46. The van der Waals surface area contributed by atoms with Gasteiger partial charge in [0.2, 0.25) is 0 Å². The molecule has 2 heterocycles. The zero-order chi connectivity index (χ0) is 35.6. The Labute approximate surface area is 287 Å². The third kappa shape index (κ3) is 7.84. The van der Waals surface area contributed by atoms with Crippen molar-refractivity contribution in [2.75, 3.05) is 5.32 Å². The molecule has 0 aliphatic heterocycles. The number of amides is 2. The molecule has 0 spiro atoms. The van der Waals surface area contributed by atoms with Crippen molar-refractivity contribution in [1.82, 2.24) is 20.1 Å². The number of carbonyl (C=O) groups is 2. The first-order chi connectivity index (χ1) is 23.1. The molecule has 0 bridgehead atoms. The predicted molar refractivity (Wildman–Crippen MR) is 188 cm³/mol. The van der Waals surface area contributed by atoms with E-state index < -0.39 is 23.4 Å². The molecule has 0 fully saturated rings. The fourth-order valence-electron chi connectivity index (χ4n) is 5.26. The zero-order valence-corrected chi connectivity index (χ0v) is 28.8. The van der Waals surface area contributed by atoms with Crippen LogP contribution in [-0.2, 0) is 18.6 Å². The molecule has 4 N–H and O–H groups in total. The Balaban J connectivity index is 1.39. The number of hydrogen-bond donors (Lipinski definition) is 4. The van der Waals surface area contributed by atoms with E-state index in [1.54, 1.807) is 24.6 Å². The van der Waals surface area contributed by atoms with Crippen LogP contribution in [0.1, 0.15) is 64.8 Å². The number of pyridine rings is 1. The Kier molecular flexibility index (Phi) is 9.95. The fraction of sp³-hybridized carbons (Fsp3) is 0.243. The highest BCUT2D eigenvalue weighted by Gasteiger charge is 2.23. The summed E-state index contributed by atoms with van der Waals surface area (Å²) in [6, 6.07) is 17.8. The lowest BCUT2D eigenvalue weighted by Crippen LogP contribution is -2.29. The molecule has 0 aliphatic carbocycles. The largest absolute Gasteiger partial charge is 0.486 e. The molecule has 5 rings (SSSR count). The maximum atomic E-state index is 14.5. The van der Waals surface area contributed by atoms with Gasteiger partial charge < -0.3 is 20.1 Å². The predicted octanol–water partition coefficient (Wildman–Crippen LogP) is 7.84. The number of urea groups is 1. The first kappa shape index (κ1) is 34.9. The van der Waals surface area contributed by atoms with Crippen molar-refractivity contribution in [1.29, 1.82) is 0 Å². The van der Waals surface area contributed by atoms with Crippen LogP contribution in [0.5, 0.6) is 5.75 Å². The summed E-state index contributed by atoms with van der Waals surface area (Å²) in [6.45, 7) is 11.4. The average molecular weight is 686 g/mol. The number of aromatic carboxylic acids is 1. The van der Waals surface area contributed by atoms with Crippen molar-refractivity contribution in [3.8, 4) is 22.6 Å². The van der Waals surface area contributed by atoms with Gasteiger partial charge in [0.25, 0.3) is 5.56 Å².